The van der Waals surface area contributed by atoms with Crippen LogP contribution in [0, 0.1) is 0 Å². The van der Waals surface area contributed by atoms with Crippen molar-refractivity contribution in [2.75, 3.05) is 17.3 Å². The van der Waals surface area contributed by atoms with Crippen molar-refractivity contribution >= 4 is 35.0 Å². The molecule has 4 nitrogen and oxygen atoms in total. The lowest BCUT2D eigenvalue weighted by Crippen LogP contribution is -2.11. The SMILES string of the molecule is CSC(C)Nc1cc(N)nc(Cl)n1. The first-order valence-electron chi connectivity index (χ1n) is 3.71. The molecule has 1 aromatic rings. The molecule has 1 aromatic heterocycles. The van der Waals surface area contributed by atoms with Gasteiger partial charge in [-0.1, -0.05) is 0 Å². The predicted octanol–water partition coefficient (Wildman–Crippen LogP) is 1.83. The maximum Gasteiger partial charge on any atom is 0.226 e. The third kappa shape index (κ3) is 3.28. The van der Waals surface area contributed by atoms with Crippen LogP contribution in [0.3, 0.4) is 0 Å². The molecular formula is C7H11ClN4S. The third-order valence-corrected chi connectivity index (χ3v) is 2.42. The fourth-order valence-electron chi connectivity index (χ4n) is 0.777. The Morgan fingerprint density at radius 2 is 2.31 bits per heavy atom. The Kier molecular flexibility index (Phi) is 3.62. The standard InChI is InChI=1S/C7H11ClN4S/c1-4(13-2)10-6-3-5(9)11-7(8)12-6/h3-4H,1-2H3,(H3,9,10,11,12). The molecule has 3 N–H and O–H groups in total. The predicted molar refractivity (Wildman–Crippen MR) is 58.1 cm³/mol. The van der Waals surface area contributed by atoms with E-state index in [2.05, 4.69) is 15.3 Å². The topological polar surface area (TPSA) is 63.8 Å². The second-order valence-electron chi connectivity index (χ2n) is 2.47. The van der Waals surface area contributed by atoms with Crippen LogP contribution in [0.5, 0.6) is 0 Å². The van der Waals surface area contributed by atoms with Crippen LogP contribution in [0.15, 0.2) is 6.07 Å². The first-order chi connectivity index (χ1) is 6.11. The van der Waals surface area contributed by atoms with E-state index in [0.29, 0.717) is 11.6 Å². The largest absolute Gasteiger partial charge is 0.383 e. The van der Waals surface area contributed by atoms with Gasteiger partial charge in [0.1, 0.15) is 11.6 Å². The molecule has 0 aliphatic heterocycles. The van der Waals surface area contributed by atoms with E-state index in [1.807, 2.05) is 13.2 Å². The number of anilines is 2. The van der Waals surface area contributed by atoms with E-state index in [4.69, 9.17) is 17.3 Å². The van der Waals surface area contributed by atoms with Gasteiger partial charge in [0, 0.05) is 6.07 Å². The molecule has 0 aliphatic rings. The van der Waals surface area contributed by atoms with Crippen molar-refractivity contribution in [3.63, 3.8) is 0 Å². The van der Waals surface area contributed by atoms with E-state index in [0.717, 1.165) is 0 Å². The van der Waals surface area contributed by atoms with Crippen LogP contribution in [-0.4, -0.2) is 21.6 Å². The number of thioether (sulfide) groups is 1. The maximum atomic E-state index is 5.63. The minimum Gasteiger partial charge on any atom is -0.383 e. The van der Waals surface area contributed by atoms with Gasteiger partial charge < -0.3 is 11.1 Å². The van der Waals surface area contributed by atoms with Crippen LogP contribution in [-0.2, 0) is 0 Å². The number of nitrogens with one attached hydrogen (secondary N) is 1. The molecule has 0 saturated heterocycles. The van der Waals surface area contributed by atoms with E-state index in [1.54, 1.807) is 17.8 Å². The minimum atomic E-state index is 0.163. The Morgan fingerprint density at radius 1 is 1.62 bits per heavy atom. The van der Waals surface area contributed by atoms with Gasteiger partial charge in [0.05, 0.1) is 5.37 Å². The zero-order valence-electron chi connectivity index (χ0n) is 7.41. The molecule has 1 heterocycles. The summed E-state index contributed by atoms with van der Waals surface area (Å²) in [6, 6.07) is 1.65. The van der Waals surface area contributed by atoms with E-state index < -0.39 is 0 Å². The van der Waals surface area contributed by atoms with Gasteiger partial charge in [-0.3, -0.25) is 0 Å². The summed E-state index contributed by atoms with van der Waals surface area (Å²) in [4.78, 5) is 7.72. The fourth-order valence-corrected chi connectivity index (χ4v) is 1.20. The number of nitrogen functional groups attached to an aromatic ring is 1. The zero-order valence-corrected chi connectivity index (χ0v) is 8.99. The Labute approximate surface area is 86.3 Å². The van der Waals surface area contributed by atoms with Crippen molar-refractivity contribution < 1.29 is 0 Å². The summed E-state index contributed by atoms with van der Waals surface area (Å²) in [5.41, 5.74) is 5.49. The molecule has 0 bridgehead atoms. The quantitative estimate of drug-likeness (QED) is 0.599. The van der Waals surface area contributed by atoms with Crippen LogP contribution < -0.4 is 11.1 Å². The molecule has 0 aromatic carbocycles. The molecule has 6 heteroatoms. The van der Waals surface area contributed by atoms with Crippen LogP contribution in [0.4, 0.5) is 11.6 Å². The first-order valence-corrected chi connectivity index (χ1v) is 5.38. The molecule has 1 atom stereocenters. The van der Waals surface area contributed by atoms with E-state index >= 15 is 0 Å². The van der Waals surface area contributed by atoms with E-state index in [9.17, 15) is 0 Å². The van der Waals surface area contributed by atoms with Gasteiger partial charge in [0.2, 0.25) is 5.28 Å². The van der Waals surface area contributed by atoms with Crippen molar-refractivity contribution in [2.24, 2.45) is 0 Å². The Bertz CT molecular complexity index is 274. The van der Waals surface area contributed by atoms with Crippen LogP contribution in [0.25, 0.3) is 0 Å². The molecule has 0 radical (unpaired) electrons. The van der Waals surface area contributed by atoms with Crippen molar-refractivity contribution in [1.82, 2.24) is 9.97 Å². The molecule has 72 valence electrons. The summed E-state index contributed by atoms with van der Waals surface area (Å²) in [6.45, 7) is 2.02. The Balaban J connectivity index is 2.77. The van der Waals surface area contributed by atoms with Crippen molar-refractivity contribution in [1.29, 1.82) is 0 Å². The summed E-state index contributed by atoms with van der Waals surface area (Å²) in [5, 5.41) is 3.55. The number of rotatable bonds is 3. The van der Waals surface area contributed by atoms with E-state index in [-0.39, 0.29) is 10.7 Å². The molecule has 13 heavy (non-hydrogen) atoms. The summed E-state index contributed by atoms with van der Waals surface area (Å²) in [6.07, 6.45) is 2.00. The lowest BCUT2D eigenvalue weighted by atomic mass is 10.5. The average molecular weight is 219 g/mol. The summed E-state index contributed by atoms with van der Waals surface area (Å²) in [5.74, 6) is 1.02. The smallest absolute Gasteiger partial charge is 0.226 e. The highest BCUT2D eigenvalue weighted by Gasteiger charge is 2.03. The molecule has 1 unspecified atom stereocenters. The minimum absolute atomic E-state index is 0.163. The second-order valence-corrected chi connectivity index (χ2v) is 3.99. The average Bonchev–Trinajstić information content (AvgIpc) is 2.02. The monoisotopic (exact) mass is 218 g/mol. The second kappa shape index (κ2) is 4.53. The molecule has 1 rings (SSSR count). The summed E-state index contributed by atoms with van der Waals surface area (Å²) >= 11 is 7.30. The molecule has 0 fully saturated rings. The number of nitrogens with zero attached hydrogens (tertiary/aromatic N) is 2. The number of nitrogens with two attached hydrogens (primary N) is 1. The lowest BCUT2D eigenvalue weighted by Gasteiger charge is -2.11. The van der Waals surface area contributed by atoms with Gasteiger partial charge in [0.25, 0.3) is 0 Å². The number of halogens is 1. The van der Waals surface area contributed by atoms with Gasteiger partial charge in [-0.2, -0.15) is 0 Å². The van der Waals surface area contributed by atoms with Crippen molar-refractivity contribution in [3.05, 3.63) is 11.3 Å². The van der Waals surface area contributed by atoms with Crippen LogP contribution in [0.2, 0.25) is 5.28 Å². The highest BCUT2D eigenvalue weighted by molar-refractivity contribution is 7.99. The van der Waals surface area contributed by atoms with Crippen LogP contribution in [0.1, 0.15) is 6.92 Å². The molecule has 0 spiro atoms. The maximum absolute atomic E-state index is 5.63. The Hall–Kier alpha value is -0.680. The number of aromatic nitrogens is 2. The van der Waals surface area contributed by atoms with E-state index in [1.165, 1.54) is 0 Å². The van der Waals surface area contributed by atoms with Gasteiger partial charge in [-0.25, -0.2) is 9.97 Å². The molecule has 0 aliphatic carbocycles. The van der Waals surface area contributed by atoms with Crippen molar-refractivity contribution in [3.8, 4) is 0 Å². The van der Waals surface area contributed by atoms with Gasteiger partial charge in [0.15, 0.2) is 0 Å². The third-order valence-electron chi connectivity index (χ3n) is 1.42. The lowest BCUT2D eigenvalue weighted by molar-refractivity contribution is 1.07. The van der Waals surface area contributed by atoms with Crippen molar-refractivity contribution in [2.45, 2.75) is 12.3 Å². The highest BCUT2D eigenvalue weighted by atomic mass is 35.5. The number of hydrogen-bond donors (Lipinski definition) is 2. The normalized spacial score (nSPS) is 12.5. The fraction of sp³-hybridized carbons (Fsp3) is 0.429. The summed E-state index contributed by atoms with van der Waals surface area (Å²) < 4.78 is 0. The van der Waals surface area contributed by atoms with Gasteiger partial charge >= 0.3 is 0 Å². The summed E-state index contributed by atoms with van der Waals surface area (Å²) in [7, 11) is 0. The highest BCUT2D eigenvalue weighted by Crippen LogP contribution is 2.15. The number of hydrogen-bond acceptors (Lipinski definition) is 5. The molecule has 0 amide bonds. The first kappa shape index (κ1) is 10.4. The van der Waals surface area contributed by atoms with Gasteiger partial charge in [-0.05, 0) is 24.8 Å². The Morgan fingerprint density at radius 3 is 2.85 bits per heavy atom. The van der Waals surface area contributed by atoms with Crippen LogP contribution >= 0.6 is 23.4 Å². The zero-order chi connectivity index (χ0) is 9.84. The van der Waals surface area contributed by atoms with Gasteiger partial charge in [-0.15, -0.1) is 11.8 Å². The molecule has 0 saturated carbocycles. The molecular weight excluding hydrogens is 208 g/mol.